The lowest BCUT2D eigenvalue weighted by atomic mass is 9.98. The van der Waals surface area contributed by atoms with Gasteiger partial charge in [0.2, 0.25) is 0 Å². The average molecular weight is 479 g/mol. The maximum Gasteiger partial charge on any atom is 0.347 e. The molecule has 0 spiro atoms. The fourth-order valence-corrected chi connectivity index (χ4v) is 4.23. The Morgan fingerprint density at radius 1 is 1.16 bits per heavy atom. The zero-order chi connectivity index (χ0) is 23.6. The van der Waals surface area contributed by atoms with Crippen LogP contribution in [0.3, 0.4) is 0 Å². The van der Waals surface area contributed by atoms with Gasteiger partial charge in [0.25, 0.3) is 0 Å². The van der Waals surface area contributed by atoms with Crippen LogP contribution in [0.4, 0.5) is 21.0 Å². The van der Waals surface area contributed by atoms with Gasteiger partial charge < -0.3 is 10.2 Å². The van der Waals surface area contributed by atoms with Gasteiger partial charge in [-0.25, -0.2) is 9.59 Å². The van der Waals surface area contributed by atoms with Gasteiger partial charge in [-0.05, 0) is 62.6 Å². The second-order valence-electron chi connectivity index (χ2n) is 8.78. The van der Waals surface area contributed by atoms with Crippen LogP contribution in [0.2, 0.25) is 10.0 Å². The molecule has 1 heterocycles. The van der Waals surface area contributed by atoms with Gasteiger partial charge in [0.1, 0.15) is 0 Å². The standard InChI is InChI=1S/C23H28Cl2N4O3/c1-15(2)11-12-27-22(31)28(19-10-6-8-17(25)14-19)20(23(27,3)4)29(32)21(30)26-18-9-5-7-16(24)13-18/h5-10,13-15,20,32H,11-12H2,1-4H3,(H,26,30)/t20-/m1/s1. The molecule has 7 nitrogen and oxygen atoms in total. The van der Waals surface area contributed by atoms with Gasteiger partial charge in [-0.1, -0.05) is 49.2 Å². The van der Waals surface area contributed by atoms with Crippen LogP contribution in [0, 0.1) is 5.92 Å². The van der Waals surface area contributed by atoms with Crippen molar-refractivity contribution in [3.8, 4) is 0 Å². The number of urea groups is 2. The third-order valence-corrected chi connectivity index (χ3v) is 6.01. The fraction of sp³-hybridized carbons (Fsp3) is 0.391. The van der Waals surface area contributed by atoms with Crippen LogP contribution in [-0.2, 0) is 0 Å². The summed E-state index contributed by atoms with van der Waals surface area (Å²) in [5.41, 5.74) is 0.0196. The molecule has 2 N–H and O–H groups in total. The van der Waals surface area contributed by atoms with Crippen molar-refractivity contribution < 1.29 is 14.8 Å². The quantitative estimate of drug-likeness (QED) is 0.377. The molecule has 1 atom stereocenters. The molecule has 0 radical (unpaired) electrons. The molecule has 9 heteroatoms. The van der Waals surface area contributed by atoms with E-state index in [0.717, 1.165) is 6.42 Å². The van der Waals surface area contributed by atoms with Crippen LogP contribution in [0.1, 0.15) is 34.1 Å². The lowest BCUT2D eigenvalue weighted by molar-refractivity contribution is -0.0950. The number of carbonyl (C=O) groups is 2. The van der Waals surface area contributed by atoms with Crippen LogP contribution in [0.25, 0.3) is 0 Å². The van der Waals surface area contributed by atoms with Crippen LogP contribution in [0.15, 0.2) is 48.5 Å². The minimum atomic E-state index is -1.00. The third kappa shape index (κ3) is 4.95. The Bertz CT molecular complexity index is 999. The molecule has 0 aromatic heterocycles. The number of rotatable bonds is 6. The lowest BCUT2D eigenvalue weighted by Gasteiger charge is -2.38. The summed E-state index contributed by atoms with van der Waals surface area (Å²) in [5.74, 6) is 0.383. The normalized spacial score (nSPS) is 17.8. The van der Waals surface area contributed by atoms with E-state index in [-0.39, 0.29) is 6.03 Å². The second-order valence-corrected chi connectivity index (χ2v) is 9.65. The summed E-state index contributed by atoms with van der Waals surface area (Å²) < 4.78 is 0. The first kappa shape index (κ1) is 24.2. The Hall–Kier alpha value is -2.48. The SMILES string of the molecule is CC(C)CCN1C(=O)N(c2cccc(Cl)c2)[C@H](N(O)C(=O)Nc2cccc(Cl)c2)C1(C)C. The molecule has 0 saturated carbocycles. The molecule has 2 aromatic rings. The molecule has 1 saturated heterocycles. The molecular formula is C23H28Cl2N4O3. The number of hydrogen-bond acceptors (Lipinski definition) is 3. The van der Waals surface area contributed by atoms with Gasteiger partial charge in [0.15, 0.2) is 6.17 Å². The van der Waals surface area contributed by atoms with Gasteiger partial charge in [-0.3, -0.25) is 10.1 Å². The summed E-state index contributed by atoms with van der Waals surface area (Å²) >= 11 is 12.2. The number of hydrogen-bond donors (Lipinski definition) is 2. The van der Waals surface area contributed by atoms with Crippen molar-refractivity contribution in [1.29, 1.82) is 0 Å². The summed E-state index contributed by atoms with van der Waals surface area (Å²) in [7, 11) is 0. The van der Waals surface area contributed by atoms with E-state index >= 15 is 0 Å². The molecule has 1 aliphatic heterocycles. The Labute approximate surface area is 198 Å². The largest absolute Gasteiger partial charge is 0.347 e. The number of nitrogens with zero attached hydrogens (tertiary/aromatic N) is 3. The minimum Gasteiger partial charge on any atom is -0.315 e. The minimum absolute atomic E-state index is 0.308. The van der Waals surface area contributed by atoms with Crippen LogP contribution >= 0.6 is 23.2 Å². The molecule has 0 aliphatic carbocycles. The summed E-state index contributed by atoms with van der Waals surface area (Å²) in [6.07, 6.45) is -0.217. The zero-order valence-corrected chi connectivity index (χ0v) is 20.1. The first-order valence-corrected chi connectivity index (χ1v) is 11.2. The van der Waals surface area contributed by atoms with E-state index in [1.54, 1.807) is 53.4 Å². The van der Waals surface area contributed by atoms with Gasteiger partial charge in [0, 0.05) is 28.0 Å². The highest BCUT2D eigenvalue weighted by Gasteiger charge is 2.55. The summed E-state index contributed by atoms with van der Waals surface area (Å²) in [5, 5.41) is 15.1. The zero-order valence-electron chi connectivity index (χ0n) is 18.5. The van der Waals surface area contributed by atoms with Gasteiger partial charge in [-0.2, -0.15) is 5.06 Å². The number of amides is 4. The number of benzene rings is 2. The molecule has 32 heavy (non-hydrogen) atoms. The van der Waals surface area contributed by atoms with E-state index in [9.17, 15) is 14.8 Å². The van der Waals surface area contributed by atoms with Crippen molar-refractivity contribution >= 4 is 46.6 Å². The van der Waals surface area contributed by atoms with E-state index in [1.807, 2.05) is 13.8 Å². The molecule has 172 valence electrons. The summed E-state index contributed by atoms with van der Waals surface area (Å²) in [6.45, 7) is 8.31. The van der Waals surface area contributed by atoms with Crippen molar-refractivity contribution in [2.75, 3.05) is 16.8 Å². The van der Waals surface area contributed by atoms with Gasteiger partial charge in [0.05, 0.1) is 5.54 Å². The Balaban J connectivity index is 1.97. The highest BCUT2D eigenvalue weighted by molar-refractivity contribution is 6.31. The highest BCUT2D eigenvalue weighted by atomic mass is 35.5. The molecule has 0 bridgehead atoms. The average Bonchev–Trinajstić information content (AvgIpc) is 2.90. The van der Waals surface area contributed by atoms with E-state index in [4.69, 9.17) is 23.2 Å². The van der Waals surface area contributed by atoms with Crippen molar-refractivity contribution in [1.82, 2.24) is 9.96 Å². The van der Waals surface area contributed by atoms with Gasteiger partial charge >= 0.3 is 12.1 Å². The number of anilines is 2. The number of carbonyl (C=O) groups excluding carboxylic acids is 2. The third-order valence-electron chi connectivity index (χ3n) is 5.54. The monoisotopic (exact) mass is 478 g/mol. The van der Waals surface area contributed by atoms with Crippen molar-refractivity contribution in [2.24, 2.45) is 5.92 Å². The van der Waals surface area contributed by atoms with Crippen molar-refractivity contribution in [3.63, 3.8) is 0 Å². The number of nitrogens with one attached hydrogen (secondary N) is 1. The van der Waals surface area contributed by atoms with E-state index in [1.165, 1.54) is 4.90 Å². The van der Waals surface area contributed by atoms with E-state index < -0.39 is 17.7 Å². The van der Waals surface area contributed by atoms with Crippen LogP contribution in [-0.4, -0.2) is 45.5 Å². The van der Waals surface area contributed by atoms with E-state index in [0.29, 0.717) is 38.9 Å². The molecule has 0 unspecified atom stereocenters. The maximum atomic E-state index is 13.5. The molecular weight excluding hydrogens is 451 g/mol. The smallest absolute Gasteiger partial charge is 0.315 e. The van der Waals surface area contributed by atoms with Gasteiger partial charge in [-0.15, -0.1) is 0 Å². The van der Waals surface area contributed by atoms with Crippen molar-refractivity contribution in [2.45, 2.75) is 45.8 Å². The predicted molar refractivity (Wildman–Crippen MR) is 127 cm³/mol. The molecule has 1 fully saturated rings. The number of halogens is 2. The van der Waals surface area contributed by atoms with E-state index in [2.05, 4.69) is 19.2 Å². The molecule has 1 aliphatic rings. The Morgan fingerprint density at radius 2 is 1.78 bits per heavy atom. The Kier molecular flexibility index (Phi) is 7.22. The topological polar surface area (TPSA) is 76.1 Å². The fourth-order valence-electron chi connectivity index (χ4n) is 3.85. The highest BCUT2D eigenvalue weighted by Crippen LogP contribution is 2.39. The Morgan fingerprint density at radius 3 is 2.38 bits per heavy atom. The maximum absolute atomic E-state index is 13.5. The molecule has 4 amide bonds. The second kappa shape index (κ2) is 9.57. The molecule has 2 aromatic carbocycles. The lowest BCUT2D eigenvalue weighted by Crippen LogP contribution is -2.58. The summed E-state index contributed by atoms with van der Waals surface area (Å²) in [6, 6.07) is 12.3. The molecule has 3 rings (SSSR count). The first-order chi connectivity index (χ1) is 15.0. The van der Waals surface area contributed by atoms with Crippen LogP contribution < -0.4 is 10.2 Å². The number of hydroxylamine groups is 2. The van der Waals surface area contributed by atoms with Crippen molar-refractivity contribution in [3.05, 3.63) is 58.6 Å². The van der Waals surface area contributed by atoms with Crippen LogP contribution in [0.5, 0.6) is 0 Å². The summed E-state index contributed by atoms with van der Waals surface area (Å²) in [4.78, 5) is 29.6. The predicted octanol–water partition coefficient (Wildman–Crippen LogP) is 6.31. The first-order valence-electron chi connectivity index (χ1n) is 10.4.